The smallest absolute Gasteiger partial charge is 0.0393 e. The zero-order chi connectivity index (χ0) is 9.26. The highest BCUT2D eigenvalue weighted by Gasteiger charge is 1.97. The lowest BCUT2D eigenvalue weighted by Crippen LogP contribution is -1.86. The largest absolute Gasteiger partial charge is 0.398 e. The number of rotatable bonds is 1. The summed E-state index contributed by atoms with van der Waals surface area (Å²) in [6, 6.07) is 12.4. The predicted octanol–water partition coefficient (Wildman–Crippen LogP) is 3.36. The fraction of sp³-hybridized carbons (Fsp3) is 0.0909. The summed E-state index contributed by atoms with van der Waals surface area (Å²) in [6.45, 7) is 0. The minimum absolute atomic E-state index is 0.859. The minimum Gasteiger partial charge on any atom is -0.398 e. The number of hydrogen-bond acceptors (Lipinski definition) is 1. The maximum absolute atomic E-state index is 5.85. The van der Waals surface area contributed by atoms with Gasteiger partial charge in [-0.3, -0.25) is 0 Å². The highest BCUT2D eigenvalue weighted by molar-refractivity contribution is 14.1. The summed E-state index contributed by atoms with van der Waals surface area (Å²) in [5, 5.41) is 2.38. The number of nitrogens with two attached hydrogens (primary N) is 1. The maximum Gasteiger partial charge on any atom is 0.0393 e. The van der Waals surface area contributed by atoms with Gasteiger partial charge in [0.1, 0.15) is 0 Å². The number of anilines is 1. The monoisotopic (exact) mass is 283 g/mol. The van der Waals surface area contributed by atoms with Crippen molar-refractivity contribution in [1.82, 2.24) is 0 Å². The molecule has 13 heavy (non-hydrogen) atoms. The molecule has 2 heteroatoms. The van der Waals surface area contributed by atoms with Crippen molar-refractivity contribution in [2.75, 3.05) is 5.73 Å². The molecule has 0 fully saturated rings. The quantitative estimate of drug-likeness (QED) is 0.485. The second-order valence-electron chi connectivity index (χ2n) is 3.04. The first-order valence-corrected chi connectivity index (χ1v) is 5.67. The van der Waals surface area contributed by atoms with Gasteiger partial charge in [0.25, 0.3) is 0 Å². The molecule has 0 atom stereocenters. The molecule has 0 amide bonds. The molecule has 0 aliphatic rings. The van der Waals surface area contributed by atoms with Crippen LogP contribution in [0.1, 0.15) is 5.56 Å². The van der Waals surface area contributed by atoms with E-state index in [0.29, 0.717) is 0 Å². The molecular weight excluding hydrogens is 273 g/mol. The molecule has 0 aromatic heterocycles. The van der Waals surface area contributed by atoms with Gasteiger partial charge in [-0.05, 0) is 17.0 Å². The normalized spacial score (nSPS) is 10.5. The van der Waals surface area contributed by atoms with E-state index >= 15 is 0 Å². The van der Waals surface area contributed by atoms with Gasteiger partial charge < -0.3 is 5.73 Å². The molecule has 2 N–H and O–H groups in total. The summed E-state index contributed by atoms with van der Waals surface area (Å²) in [5.74, 6) is 0. The van der Waals surface area contributed by atoms with Gasteiger partial charge in [-0.1, -0.05) is 52.9 Å². The van der Waals surface area contributed by atoms with Crippen molar-refractivity contribution in [3.8, 4) is 0 Å². The van der Waals surface area contributed by atoms with E-state index in [4.69, 9.17) is 5.73 Å². The average Bonchev–Trinajstić information content (AvgIpc) is 2.18. The molecule has 1 nitrogen and oxygen atoms in total. The second-order valence-corrected chi connectivity index (χ2v) is 3.80. The van der Waals surface area contributed by atoms with Gasteiger partial charge in [0, 0.05) is 15.5 Å². The third-order valence-corrected chi connectivity index (χ3v) is 3.01. The zero-order valence-corrected chi connectivity index (χ0v) is 9.28. The molecule has 0 heterocycles. The van der Waals surface area contributed by atoms with Crippen molar-refractivity contribution in [1.29, 1.82) is 0 Å². The number of hydrogen-bond donors (Lipinski definition) is 1. The van der Waals surface area contributed by atoms with Gasteiger partial charge in [0.05, 0.1) is 0 Å². The zero-order valence-electron chi connectivity index (χ0n) is 7.13. The fourth-order valence-electron chi connectivity index (χ4n) is 1.44. The number of alkyl halides is 1. The van der Waals surface area contributed by atoms with Crippen molar-refractivity contribution < 1.29 is 0 Å². The van der Waals surface area contributed by atoms with Crippen LogP contribution in [0.4, 0.5) is 5.69 Å². The van der Waals surface area contributed by atoms with Crippen LogP contribution in [0.15, 0.2) is 36.4 Å². The van der Waals surface area contributed by atoms with Crippen LogP contribution >= 0.6 is 22.6 Å². The Labute approximate surface area is 91.1 Å². The van der Waals surface area contributed by atoms with Crippen molar-refractivity contribution in [3.05, 3.63) is 42.0 Å². The SMILES string of the molecule is Nc1cccc2cc(CI)ccc12. The maximum atomic E-state index is 5.85. The van der Waals surface area contributed by atoms with E-state index in [1.807, 2.05) is 12.1 Å². The van der Waals surface area contributed by atoms with Gasteiger partial charge in [-0.15, -0.1) is 0 Å². The molecule has 66 valence electrons. The molecule has 0 saturated carbocycles. The number of nitrogen functional groups attached to an aromatic ring is 1. The highest BCUT2D eigenvalue weighted by Crippen LogP contribution is 2.22. The lowest BCUT2D eigenvalue weighted by atomic mass is 10.1. The van der Waals surface area contributed by atoms with Crippen LogP contribution < -0.4 is 5.73 Å². The van der Waals surface area contributed by atoms with Gasteiger partial charge >= 0.3 is 0 Å². The Bertz CT molecular complexity index is 437. The fourth-order valence-corrected chi connectivity index (χ4v) is 1.92. The summed E-state index contributed by atoms with van der Waals surface area (Å²) in [7, 11) is 0. The van der Waals surface area contributed by atoms with Gasteiger partial charge in [0.2, 0.25) is 0 Å². The predicted molar refractivity (Wildman–Crippen MR) is 66.1 cm³/mol. The molecule has 0 unspecified atom stereocenters. The second kappa shape index (κ2) is 3.54. The number of fused-ring (bicyclic) bond motifs is 1. The van der Waals surface area contributed by atoms with E-state index in [1.165, 1.54) is 10.9 Å². The lowest BCUT2D eigenvalue weighted by molar-refractivity contribution is 1.49. The van der Waals surface area contributed by atoms with Crippen LogP contribution in [0.3, 0.4) is 0 Å². The molecule has 0 radical (unpaired) electrons. The first-order valence-electron chi connectivity index (χ1n) is 4.14. The van der Waals surface area contributed by atoms with Crippen LogP contribution in [-0.2, 0) is 4.43 Å². The molecule has 2 aromatic rings. The Morgan fingerprint density at radius 2 is 2.00 bits per heavy atom. The summed E-state index contributed by atoms with van der Waals surface area (Å²) in [5.41, 5.74) is 8.05. The van der Waals surface area contributed by atoms with Crippen LogP contribution in [0.25, 0.3) is 10.8 Å². The molecule has 0 bridgehead atoms. The molecule has 0 aliphatic heterocycles. The third kappa shape index (κ3) is 1.63. The molecule has 2 rings (SSSR count). The standard InChI is InChI=1S/C11H10IN/c12-7-8-4-5-10-9(6-8)2-1-3-11(10)13/h1-6H,7,13H2. The number of benzene rings is 2. The Hall–Kier alpha value is -0.770. The van der Waals surface area contributed by atoms with Crippen LogP contribution in [0, 0.1) is 0 Å². The Morgan fingerprint density at radius 1 is 1.15 bits per heavy atom. The van der Waals surface area contributed by atoms with E-state index < -0.39 is 0 Å². The first-order chi connectivity index (χ1) is 6.31. The first kappa shape index (κ1) is 8.81. The topological polar surface area (TPSA) is 26.0 Å². The Morgan fingerprint density at radius 3 is 2.77 bits per heavy atom. The summed E-state index contributed by atoms with van der Waals surface area (Å²) < 4.78 is 1.04. The minimum atomic E-state index is 0.859. The molecular formula is C11H10IN. The summed E-state index contributed by atoms with van der Waals surface area (Å²) in [6.07, 6.45) is 0. The molecule has 0 saturated heterocycles. The van der Waals surface area contributed by atoms with Crippen molar-refractivity contribution in [2.24, 2.45) is 0 Å². The van der Waals surface area contributed by atoms with Crippen molar-refractivity contribution in [3.63, 3.8) is 0 Å². The van der Waals surface area contributed by atoms with Gasteiger partial charge in [-0.25, -0.2) is 0 Å². The molecule has 2 aromatic carbocycles. The van der Waals surface area contributed by atoms with Gasteiger partial charge in [0.15, 0.2) is 0 Å². The van der Waals surface area contributed by atoms with E-state index in [0.717, 1.165) is 15.5 Å². The number of halogens is 1. The summed E-state index contributed by atoms with van der Waals surface area (Å²) in [4.78, 5) is 0. The van der Waals surface area contributed by atoms with Crippen LogP contribution in [0.2, 0.25) is 0 Å². The lowest BCUT2D eigenvalue weighted by Gasteiger charge is -2.02. The van der Waals surface area contributed by atoms with Gasteiger partial charge in [-0.2, -0.15) is 0 Å². The van der Waals surface area contributed by atoms with Crippen LogP contribution in [-0.4, -0.2) is 0 Å². The summed E-state index contributed by atoms with van der Waals surface area (Å²) >= 11 is 2.36. The van der Waals surface area contributed by atoms with E-state index in [9.17, 15) is 0 Å². The van der Waals surface area contributed by atoms with E-state index in [2.05, 4.69) is 46.9 Å². The van der Waals surface area contributed by atoms with E-state index in [1.54, 1.807) is 0 Å². The Balaban J connectivity index is 2.72. The van der Waals surface area contributed by atoms with Crippen molar-refractivity contribution in [2.45, 2.75) is 4.43 Å². The Kier molecular flexibility index (Phi) is 2.40. The molecule has 0 spiro atoms. The molecule has 0 aliphatic carbocycles. The average molecular weight is 283 g/mol. The van der Waals surface area contributed by atoms with Crippen LogP contribution in [0.5, 0.6) is 0 Å². The van der Waals surface area contributed by atoms with E-state index in [-0.39, 0.29) is 0 Å². The highest BCUT2D eigenvalue weighted by atomic mass is 127. The third-order valence-electron chi connectivity index (χ3n) is 2.13. The van der Waals surface area contributed by atoms with Crippen molar-refractivity contribution >= 4 is 39.1 Å².